The van der Waals surface area contributed by atoms with E-state index in [0.29, 0.717) is 27.7 Å². The summed E-state index contributed by atoms with van der Waals surface area (Å²) in [5.41, 5.74) is 3.33. The SMILES string of the molecule is Cc1ccc(C(C)C)c(OCCN2C(=O)S/C(=C\c3ccc(OC(=O)c4ccc(Br)cc4)cc3)C2=O)c1. The Morgan fingerprint density at radius 1 is 1.03 bits per heavy atom. The van der Waals surface area contributed by atoms with E-state index in [1.807, 2.05) is 25.1 Å². The van der Waals surface area contributed by atoms with Crippen LogP contribution in [-0.2, 0) is 4.79 Å². The van der Waals surface area contributed by atoms with Crippen molar-refractivity contribution in [1.29, 1.82) is 0 Å². The lowest BCUT2D eigenvalue weighted by molar-refractivity contribution is -0.123. The van der Waals surface area contributed by atoms with Gasteiger partial charge >= 0.3 is 5.97 Å². The highest BCUT2D eigenvalue weighted by atomic mass is 79.9. The van der Waals surface area contributed by atoms with Gasteiger partial charge in [-0.25, -0.2) is 4.79 Å². The van der Waals surface area contributed by atoms with E-state index in [1.54, 1.807) is 54.6 Å². The lowest BCUT2D eigenvalue weighted by atomic mass is 10.0. The van der Waals surface area contributed by atoms with Crippen LogP contribution in [0.25, 0.3) is 6.08 Å². The van der Waals surface area contributed by atoms with Gasteiger partial charge < -0.3 is 9.47 Å². The summed E-state index contributed by atoms with van der Waals surface area (Å²) in [5, 5.41) is -0.326. The number of thioether (sulfide) groups is 1. The molecule has 0 bridgehead atoms. The maximum absolute atomic E-state index is 12.9. The molecule has 0 radical (unpaired) electrons. The molecule has 1 aliphatic heterocycles. The van der Waals surface area contributed by atoms with E-state index in [4.69, 9.17) is 9.47 Å². The van der Waals surface area contributed by atoms with Crippen molar-refractivity contribution in [1.82, 2.24) is 4.90 Å². The molecule has 0 N–H and O–H groups in total. The lowest BCUT2D eigenvalue weighted by Gasteiger charge is -2.17. The Morgan fingerprint density at radius 3 is 2.41 bits per heavy atom. The Hall–Kier alpha value is -3.36. The maximum Gasteiger partial charge on any atom is 0.343 e. The van der Waals surface area contributed by atoms with Gasteiger partial charge in [-0.3, -0.25) is 14.5 Å². The van der Waals surface area contributed by atoms with Gasteiger partial charge in [-0.1, -0.05) is 54.0 Å². The number of nitrogens with zero attached hydrogens (tertiary/aromatic N) is 1. The predicted octanol–water partition coefficient (Wildman–Crippen LogP) is 7.22. The second-order valence-electron chi connectivity index (χ2n) is 8.84. The van der Waals surface area contributed by atoms with E-state index in [2.05, 4.69) is 29.8 Å². The van der Waals surface area contributed by atoms with Crippen LogP contribution in [0.2, 0.25) is 0 Å². The quantitative estimate of drug-likeness (QED) is 0.159. The standard InChI is InChI=1S/C29H26BrNO5S/c1-18(2)24-13-4-19(3)16-25(24)35-15-14-31-27(32)26(37-29(31)34)17-20-5-11-23(12-6-20)36-28(33)21-7-9-22(30)10-8-21/h4-13,16-18H,14-15H2,1-3H3/b26-17-. The van der Waals surface area contributed by atoms with Gasteiger partial charge in [-0.15, -0.1) is 0 Å². The monoisotopic (exact) mass is 579 g/mol. The Kier molecular flexibility index (Phi) is 8.51. The summed E-state index contributed by atoms with van der Waals surface area (Å²) in [4.78, 5) is 39.2. The first kappa shape index (κ1) is 26.7. The van der Waals surface area contributed by atoms with Crippen LogP contribution in [0.5, 0.6) is 11.5 Å². The molecule has 2 amide bonds. The normalized spacial score (nSPS) is 14.5. The minimum atomic E-state index is -0.463. The van der Waals surface area contributed by atoms with Crippen molar-refractivity contribution in [2.75, 3.05) is 13.2 Å². The topological polar surface area (TPSA) is 72.9 Å². The third-order valence-corrected chi connectivity index (χ3v) is 7.14. The Bertz CT molecular complexity index is 1350. The molecular formula is C29H26BrNO5S. The second kappa shape index (κ2) is 11.8. The largest absolute Gasteiger partial charge is 0.491 e. The summed E-state index contributed by atoms with van der Waals surface area (Å²) in [5.74, 6) is 0.643. The van der Waals surface area contributed by atoms with Gasteiger partial charge in [0.15, 0.2) is 0 Å². The molecule has 0 aliphatic carbocycles. The van der Waals surface area contributed by atoms with Crippen LogP contribution in [0.4, 0.5) is 4.79 Å². The van der Waals surface area contributed by atoms with Crippen molar-refractivity contribution < 1.29 is 23.9 Å². The summed E-state index contributed by atoms with van der Waals surface area (Å²) in [6.45, 7) is 6.57. The van der Waals surface area contributed by atoms with Gasteiger partial charge in [-0.05, 0) is 89.8 Å². The number of carbonyl (C=O) groups is 3. The Labute approximate surface area is 228 Å². The third-order valence-electron chi connectivity index (χ3n) is 5.71. The van der Waals surface area contributed by atoms with Gasteiger partial charge in [0.1, 0.15) is 18.1 Å². The number of carbonyl (C=O) groups excluding carboxylic acids is 3. The number of rotatable bonds is 8. The zero-order valence-corrected chi connectivity index (χ0v) is 23.1. The zero-order valence-electron chi connectivity index (χ0n) is 20.7. The first-order chi connectivity index (χ1) is 17.7. The average Bonchev–Trinajstić information content (AvgIpc) is 3.12. The van der Waals surface area contributed by atoms with Gasteiger partial charge in [0, 0.05) is 4.47 Å². The lowest BCUT2D eigenvalue weighted by Crippen LogP contribution is -2.32. The number of halogens is 1. The molecular weight excluding hydrogens is 554 g/mol. The Morgan fingerprint density at radius 2 is 1.73 bits per heavy atom. The first-order valence-corrected chi connectivity index (χ1v) is 13.4. The number of amides is 2. The van der Waals surface area contributed by atoms with E-state index in [-0.39, 0.29) is 24.3 Å². The van der Waals surface area contributed by atoms with Crippen LogP contribution in [0, 0.1) is 6.92 Å². The van der Waals surface area contributed by atoms with Gasteiger partial charge in [0.25, 0.3) is 11.1 Å². The van der Waals surface area contributed by atoms with E-state index < -0.39 is 5.97 Å². The minimum Gasteiger partial charge on any atom is -0.491 e. The summed E-state index contributed by atoms with van der Waals surface area (Å²) in [7, 11) is 0. The molecule has 0 saturated carbocycles. The van der Waals surface area contributed by atoms with E-state index in [0.717, 1.165) is 33.1 Å². The number of hydrogen-bond acceptors (Lipinski definition) is 6. The number of hydrogen-bond donors (Lipinski definition) is 0. The number of ether oxygens (including phenoxy) is 2. The minimum absolute atomic E-state index is 0.165. The number of imide groups is 1. The van der Waals surface area contributed by atoms with Crippen molar-refractivity contribution in [3.05, 3.63) is 98.4 Å². The molecule has 0 spiro atoms. The van der Waals surface area contributed by atoms with Crippen molar-refractivity contribution in [3.8, 4) is 11.5 Å². The highest BCUT2D eigenvalue weighted by Gasteiger charge is 2.34. The maximum atomic E-state index is 12.9. The molecule has 37 heavy (non-hydrogen) atoms. The summed E-state index contributed by atoms with van der Waals surface area (Å²) in [6.07, 6.45) is 1.66. The number of benzene rings is 3. The Balaban J connectivity index is 1.36. The summed E-state index contributed by atoms with van der Waals surface area (Å²) in [6, 6.07) is 19.7. The first-order valence-electron chi connectivity index (χ1n) is 11.8. The van der Waals surface area contributed by atoms with Crippen LogP contribution >= 0.6 is 27.7 Å². The van der Waals surface area contributed by atoms with Crippen LogP contribution in [0.1, 0.15) is 46.8 Å². The van der Waals surface area contributed by atoms with Crippen LogP contribution in [0.3, 0.4) is 0 Å². The summed E-state index contributed by atoms with van der Waals surface area (Å²) >= 11 is 4.23. The van der Waals surface area contributed by atoms with Gasteiger partial charge in [0.2, 0.25) is 0 Å². The fraction of sp³-hybridized carbons (Fsp3) is 0.207. The molecule has 4 rings (SSSR count). The molecule has 1 fully saturated rings. The van der Waals surface area contributed by atoms with E-state index in [1.165, 1.54) is 4.90 Å². The predicted molar refractivity (Wildman–Crippen MR) is 149 cm³/mol. The molecule has 6 nitrogen and oxygen atoms in total. The molecule has 0 aromatic heterocycles. The van der Waals surface area contributed by atoms with Crippen LogP contribution in [-0.4, -0.2) is 35.2 Å². The average molecular weight is 581 g/mol. The second-order valence-corrected chi connectivity index (χ2v) is 10.8. The number of esters is 1. The molecule has 8 heteroatoms. The molecule has 0 unspecified atom stereocenters. The zero-order chi connectivity index (χ0) is 26.5. The summed E-state index contributed by atoms with van der Waals surface area (Å²) < 4.78 is 12.2. The van der Waals surface area contributed by atoms with Crippen molar-refractivity contribution in [2.45, 2.75) is 26.7 Å². The van der Waals surface area contributed by atoms with Gasteiger partial charge in [0.05, 0.1) is 17.0 Å². The smallest absolute Gasteiger partial charge is 0.343 e. The molecule has 3 aromatic carbocycles. The molecule has 190 valence electrons. The van der Waals surface area contributed by atoms with Gasteiger partial charge in [-0.2, -0.15) is 0 Å². The number of aryl methyl sites for hydroxylation is 1. The van der Waals surface area contributed by atoms with Crippen molar-refractivity contribution >= 4 is 50.9 Å². The molecule has 1 saturated heterocycles. The van der Waals surface area contributed by atoms with E-state index in [9.17, 15) is 14.4 Å². The highest BCUT2D eigenvalue weighted by Crippen LogP contribution is 2.33. The highest BCUT2D eigenvalue weighted by molar-refractivity contribution is 9.10. The van der Waals surface area contributed by atoms with Crippen LogP contribution in [0.15, 0.2) is 76.1 Å². The van der Waals surface area contributed by atoms with E-state index >= 15 is 0 Å². The fourth-order valence-electron chi connectivity index (χ4n) is 3.72. The van der Waals surface area contributed by atoms with Crippen molar-refractivity contribution in [2.24, 2.45) is 0 Å². The molecule has 3 aromatic rings. The molecule has 0 atom stereocenters. The molecule has 1 heterocycles. The fourth-order valence-corrected chi connectivity index (χ4v) is 4.85. The third kappa shape index (κ3) is 6.70. The van der Waals surface area contributed by atoms with Crippen molar-refractivity contribution in [3.63, 3.8) is 0 Å². The van der Waals surface area contributed by atoms with Crippen LogP contribution < -0.4 is 9.47 Å². The molecule has 1 aliphatic rings.